The summed E-state index contributed by atoms with van der Waals surface area (Å²) in [6.07, 6.45) is 0.310. The SMILES string of the molecule is Cn1c2ccccc2c2ccc(CC(=O)CN=Nc3ccc(Cl)cc3Cl)cc21. The number of aryl methyl sites for hydroxylation is 1. The van der Waals surface area contributed by atoms with Crippen LogP contribution in [0, 0.1) is 0 Å². The molecule has 28 heavy (non-hydrogen) atoms. The first kappa shape index (κ1) is 18.7. The number of Topliss-reactive ketones (excluding diaryl/α,β-unsaturated/α-hetero) is 1. The summed E-state index contributed by atoms with van der Waals surface area (Å²) in [5.74, 6) is -0.00745. The lowest BCUT2D eigenvalue weighted by atomic mass is 10.1. The van der Waals surface area contributed by atoms with Crippen LogP contribution in [0.5, 0.6) is 0 Å². The summed E-state index contributed by atoms with van der Waals surface area (Å²) in [4.78, 5) is 12.3. The second kappa shape index (κ2) is 7.74. The average Bonchev–Trinajstić information content (AvgIpc) is 2.96. The van der Waals surface area contributed by atoms with Crippen LogP contribution in [0.3, 0.4) is 0 Å². The first-order valence-corrected chi connectivity index (χ1v) is 9.59. The highest BCUT2D eigenvalue weighted by Crippen LogP contribution is 2.29. The molecular formula is C22H17Cl2N3O. The van der Waals surface area contributed by atoms with Gasteiger partial charge in [0.1, 0.15) is 12.2 Å². The summed E-state index contributed by atoms with van der Waals surface area (Å²) in [6.45, 7) is 0.00606. The highest BCUT2D eigenvalue weighted by atomic mass is 35.5. The molecule has 0 amide bonds. The van der Waals surface area contributed by atoms with Crippen LogP contribution in [0.1, 0.15) is 5.56 Å². The lowest BCUT2D eigenvalue weighted by Gasteiger charge is -2.02. The van der Waals surface area contributed by atoms with Gasteiger partial charge in [-0.05, 0) is 35.9 Å². The van der Waals surface area contributed by atoms with Crippen molar-refractivity contribution in [1.29, 1.82) is 0 Å². The third-order valence-corrected chi connectivity index (χ3v) is 5.25. The van der Waals surface area contributed by atoms with E-state index in [4.69, 9.17) is 23.2 Å². The normalized spacial score (nSPS) is 11.7. The number of rotatable bonds is 5. The van der Waals surface area contributed by atoms with Crippen LogP contribution in [-0.4, -0.2) is 16.9 Å². The summed E-state index contributed by atoms with van der Waals surface area (Å²) < 4.78 is 2.15. The topological polar surface area (TPSA) is 46.7 Å². The molecule has 0 aliphatic rings. The molecule has 0 bridgehead atoms. The van der Waals surface area contributed by atoms with E-state index in [9.17, 15) is 4.79 Å². The maximum absolute atomic E-state index is 12.3. The van der Waals surface area contributed by atoms with E-state index in [1.165, 1.54) is 16.3 Å². The molecule has 0 aliphatic heterocycles. The Morgan fingerprint density at radius 1 is 0.964 bits per heavy atom. The number of fused-ring (bicyclic) bond motifs is 3. The Morgan fingerprint density at radius 3 is 2.57 bits per heavy atom. The molecular weight excluding hydrogens is 393 g/mol. The zero-order valence-electron chi connectivity index (χ0n) is 15.2. The Bertz CT molecular complexity index is 1230. The van der Waals surface area contributed by atoms with Gasteiger partial charge in [-0.3, -0.25) is 4.79 Å². The van der Waals surface area contributed by atoms with Gasteiger partial charge in [0.2, 0.25) is 0 Å². The fraction of sp³-hybridized carbons (Fsp3) is 0.136. The van der Waals surface area contributed by atoms with Crippen LogP contribution in [0.25, 0.3) is 21.8 Å². The van der Waals surface area contributed by atoms with Crippen molar-refractivity contribution in [2.75, 3.05) is 6.54 Å². The molecule has 1 aromatic heterocycles. The molecule has 4 rings (SSSR count). The summed E-state index contributed by atoms with van der Waals surface area (Å²) in [7, 11) is 2.04. The second-order valence-electron chi connectivity index (χ2n) is 6.64. The largest absolute Gasteiger partial charge is 0.344 e. The first-order chi connectivity index (χ1) is 13.5. The van der Waals surface area contributed by atoms with Gasteiger partial charge in [-0.1, -0.05) is 53.5 Å². The molecule has 4 aromatic rings. The van der Waals surface area contributed by atoms with Gasteiger partial charge < -0.3 is 4.57 Å². The number of hydrogen-bond donors (Lipinski definition) is 0. The number of hydrogen-bond acceptors (Lipinski definition) is 3. The minimum atomic E-state index is -0.00745. The molecule has 0 aliphatic carbocycles. The predicted molar refractivity (Wildman–Crippen MR) is 115 cm³/mol. The van der Waals surface area contributed by atoms with Crippen LogP contribution >= 0.6 is 23.2 Å². The molecule has 0 unspecified atom stereocenters. The van der Waals surface area contributed by atoms with Gasteiger partial charge in [0.25, 0.3) is 0 Å². The predicted octanol–water partition coefficient (Wildman–Crippen LogP) is 6.53. The number of benzene rings is 3. The van der Waals surface area contributed by atoms with Crippen molar-refractivity contribution in [2.45, 2.75) is 6.42 Å². The van der Waals surface area contributed by atoms with E-state index in [2.05, 4.69) is 39.1 Å². The number of azo groups is 1. The number of carbonyl (C=O) groups is 1. The Labute approximate surface area is 172 Å². The standard InChI is InChI=1S/C22H17Cl2N3O/c1-27-21-5-3-2-4-17(21)18-8-6-14(11-22(18)27)10-16(28)13-25-26-20-9-7-15(23)12-19(20)24/h2-9,11-12H,10,13H2,1H3. The fourth-order valence-electron chi connectivity index (χ4n) is 3.35. The van der Waals surface area contributed by atoms with Crippen molar-refractivity contribution >= 4 is 56.5 Å². The number of carbonyl (C=O) groups excluding carboxylic acids is 1. The Balaban J connectivity index is 1.50. The molecule has 0 saturated carbocycles. The maximum Gasteiger partial charge on any atom is 0.160 e. The van der Waals surface area contributed by atoms with Crippen molar-refractivity contribution in [3.05, 3.63) is 76.3 Å². The van der Waals surface area contributed by atoms with Gasteiger partial charge in [0.15, 0.2) is 5.78 Å². The molecule has 0 N–H and O–H groups in total. The molecule has 4 nitrogen and oxygen atoms in total. The van der Waals surface area contributed by atoms with Crippen molar-refractivity contribution < 1.29 is 4.79 Å². The van der Waals surface area contributed by atoms with Gasteiger partial charge in [-0.15, -0.1) is 0 Å². The number of halogens is 2. The van der Waals surface area contributed by atoms with E-state index in [0.29, 0.717) is 22.2 Å². The second-order valence-corrected chi connectivity index (χ2v) is 7.48. The lowest BCUT2D eigenvalue weighted by Crippen LogP contribution is -2.06. The number of nitrogens with zero attached hydrogens (tertiary/aromatic N) is 3. The van der Waals surface area contributed by atoms with Gasteiger partial charge in [0.05, 0.1) is 5.02 Å². The Morgan fingerprint density at radius 2 is 1.75 bits per heavy atom. The maximum atomic E-state index is 12.3. The van der Waals surface area contributed by atoms with Gasteiger partial charge in [0, 0.05) is 40.3 Å². The van der Waals surface area contributed by atoms with Crippen molar-refractivity contribution in [3.63, 3.8) is 0 Å². The number of aromatic nitrogens is 1. The van der Waals surface area contributed by atoms with E-state index in [-0.39, 0.29) is 12.3 Å². The molecule has 1 heterocycles. The Kier molecular flexibility index (Phi) is 5.16. The third-order valence-electron chi connectivity index (χ3n) is 4.72. The van der Waals surface area contributed by atoms with E-state index >= 15 is 0 Å². The van der Waals surface area contributed by atoms with E-state index in [0.717, 1.165) is 11.1 Å². The van der Waals surface area contributed by atoms with Crippen LogP contribution in [0.4, 0.5) is 5.69 Å². The monoisotopic (exact) mass is 409 g/mol. The molecule has 0 saturated heterocycles. The van der Waals surface area contributed by atoms with Crippen molar-refractivity contribution in [1.82, 2.24) is 4.57 Å². The lowest BCUT2D eigenvalue weighted by molar-refractivity contribution is -0.117. The summed E-state index contributed by atoms with van der Waals surface area (Å²) in [6, 6.07) is 19.4. The third kappa shape index (κ3) is 3.66. The molecule has 6 heteroatoms. The molecule has 0 spiro atoms. The number of ketones is 1. The van der Waals surface area contributed by atoms with Gasteiger partial charge >= 0.3 is 0 Å². The molecule has 0 atom stereocenters. The van der Waals surface area contributed by atoms with Crippen molar-refractivity contribution in [2.24, 2.45) is 17.3 Å². The minimum absolute atomic E-state index is 0.00606. The highest BCUT2D eigenvalue weighted by molar-refractivity contribution is 6.36. The van der Waals surface area contributed by atoms with E-state index < -0.39 is 0 Å². The fourth-order valence-corrected chi connectivity index (χ4v) is 3.80. The van der Waals surface area contributed by atoms with Crippen LogP contribution in [0.2, 0.25) is 10.0 Å². The van der Waals surface area contributed by atoms with E-state index in [1.54, 1.807) is 18.2 Å². The minimum Gasteiger partial charge on any atom is -0.344 e. The quantitative estimate of drug-likeness (QED) is 0.345. The van der Waals surface area contributed by atoms with Crippen LogP contribution in [0.15, 0.2) is 70.9 Å². The van der Waals surface area contributed by atoms with Crippen LogP contribution < -0.4 is 0 Å². The Hall–Kier alpha value is -2.69. The molecule has 3 aromatic carbocycles. The molecule has 0 radical (unpaired) electrons. The van der Waals surface area contributed by atoms with Crippen LogP contribution in [-0.2, 0) is 18.3 Å². The molecule has 0 fully saturated rings. The summed E-state index contributed by atoms with van der Waals surface area (Å²) in [5.41, 5.74) is 3.75. The number of para-hydroxylation sites is 1. The first-order valence-electron chi connectivity index (χ1n) is 8.83. The smallest absolute Gasteiger partial charge is 0.160 e. The zero-order chi connectivity index (χ0) is 19.7. The summed E-state index contributed by atoms with van der Waals surface area (Å²) >= 11 is 11.9. The zero-order valence-corrected chi connectivity index (χ0v) is 16.7. The highest BCUT2D eigenvalue weighted by Gasteiger charge is 2.10. The van der Waals surface area contributed by atoms with Gasteiger partial charge in [-0.2, -0.15) is 10.2 Å². The molecule has 140 valence electrons. The average molecular weight is 410 g/mol. The van der Waals surface area contributed by atoms with E-state index in [1.807, 2.05) is 25.2 Å². The van der Waals surface area contributed by atoms with Gasteiger partial charge in [-0.25, -0.2) is 0 Å². The van der Waals surface area contributed by atoms with Crippen molar-refractivity contribution in [3.8, 4) is 0 Å². The summed E-state index contributed by atoms with van der Waals surface area (Å²) in [5, 5.41) is 11.4.